The van der Waals surface area contributed by atoms with E-state index < -0.39 is 0 Å². The lowest BCUT2D eigenvalue weighted by atomic mass is 9.93. The fourth-order valence-electron chi connectivity index (χ4n) is 2.44. The van der Waals surface area contributed by atoms with E-state index >= 15 is 0 Å². The highest BCUT2D eigenvalue weighted by atomic mass is 16.4. The topological polar surface area (TPSA) is 93.4 Å². The first-order chi connectivity index (χ1) is 9.56. The first kappa shape index (κ1) is 14.2. The van der Waals surface area contributed by atoms with Crippen LogP contribution in [0.1, 0.15) is 30.1 Å². The molecule has 6 heteroatoms. The SMILES string of the molecule is CCC1CN(C(=O)c2ccc(O)c(O)c2)CC/C1=N\O. The van der Waals surface area contributed by atoms with Crippen LogP contribution in [0.3, 0.4) is 0 Å². The van der Waals surface area contributed by atoms with Gasteiger partial charge in [0.05, 0.1) is 5.71 Å². The first-order valence-corrected chi connectivity index (χ1v) is 6.58. The van der Waals surface area contributed by atoms with Gasteiger partial charge in [-0.05, 0) is 24.6 Å². The Hall–Kier alpha value is -2.24. The van der Waals surface area contributed by atoms with Crippen LogP contribution >= 0.6 is 0 Å². The van der Waals surface area contributed by atoms with Gasteiger partial charge in [0.15, 0.2) is 11.5 Å². The molecule has 1 amide bonds. The summed E-state index contributed by atoms with van der Waals surface area (Å²) in [5, 5.41) is 30.9. The Balaban J connectivity index is 2.15. The van der Waals surface area contributed by atoms with E-state index in [4.69, 9.17) is 5.21 Å². The minimum atomic E-state index is -0.308. The van der Waals surface area contributed by atoms with Gasteiger partial charge in [-0.25, -0.2) is 0 Å². The van der Waals surface area contributed by atoms with Crippen LogP contribution in [0.25, 0.3) is 0 Å². The van der Waals surface area contributed by atoms with Crippen molar-refractivity contribution in [1.82, 2.24) is 4.90 Å². The van der Waals surface area contributed by atoms with Crippen LogP contribution in [-0.2, 0) is 0 Å². The molecule has 2 rings (SSSR count). The number of benzene rings is 1. The van der Waals surface area contributed by atoms with Crippen molar-refractivity contribution in [2.45, 2.75) is 19.8 Å². The van der Waals surface area contributed by atoms with Crippen molar-refractivity contribution >= 4 is 11.6 Å². The van der Waals surface area contributed by atoms with Crippen LogP contribution in [0, 0.1) is 5.92 Å². The Labute approximate surface area is 116 Å². The minimum absolute atomic E-state index is 0.0587. The van der Waals surface area contributed by atoms with Crippen LogP contribution < -0.4 is 0 Å². The summed E-state index contributed by atoms with van der Waals surface area (Å²) in [6.07, 6.45) is 1.34. The molecule has 6 nitrogen and oxygen atoms in total. The molecule has 0 spiro atoms. The van der Waals surface area contributed by atoms with Crippen LogP contribution in [0.5, 0.6) is 11.5 Å². The van der Waals surface area contributed by atoms with E-state index in [1.54, 1.807) is 4.90 Å². The normalized spacial score (nSPS) is 21.1. The van der Waals surface area contributed by atoms with Gasteiger partial charge >= 0.3 is 0 Å². The molecular formula is C14H18N2O4. The van der Waals surface area contributed by atoms with Gasteiger partial charge in [0.1, 0.15) is 0 Å². The molecule has 0 aromatic heterocycles. The summed E-state index contributed by atoms with van der Waals surface area (Å²) in [6, 6.07) is 4.03. The monoisotopic (exact) mass is 278 g/mol. The summed E-state index contributed by atoms with van der Waals surface area (Å²) in [4.78, 5) is 14.0. The van der Waals surface area contributed by atoms with Crippen molar-refractivity contribution in [3.05, 3.63) is 23.8 Å². The lowest BCUT2D eigenvalue weighted by Gasteiger charge is -2.32. The fraction of sp³-hybridized carbons (Fsp3) is 0.429. The number of likely N-dealkylation sites (tertiary alicyclic amines) is 1. The molecule has 1 aliphatic rings. The third-order valence-electron chi connectivity index (χ3n) is 3.68. The second kappa shape index (κ2) is 5.81. The van der Waals surface area contributed by atoms with Gasteiger partial charge in [-0.2, -0.15) is 0 Å². The molecule has 0 bridgehead atoms. The van der Waals surface area contributed by atoms with Crippen molar-refractivity contribution in [1.29, 1.82) is 0 Å². The lowest BCUT2D eigenvalue weighted by molar-refractivity contribution is 0.0728. The number of hydrogen-bond acceptors (Lipinski definition) is 5. The average Bonchev–Trinajstić information content (AvgIpc) is 2.48. The molecule has 0 aliphatic carbocycles. The van der Waals surface area contributed by atoms with Gasteiger partial charge in [0.25, 0.3) is 5.91 Å². The van der Waals surface area contributed by atoms with E-state index in [1.165, 1.54) is 18.2 Å². The lowest BCUT2D eigenvalue weighted by Crippen LogP contribution is -2.44. The van der Waals surface area contributed by atoms with E-state index in [-0.39, 0.29) is 23.3 Å². The molecule has 1 heterocycles. The number of phenolic OH excluding ortho intramolecular Hbond substituents is 2. The predicted octanol–water partition coefficient (Wildman–Crippen LogP) is 1.80. The number of oxime groups is 1. The van der Waals surface area contributed by atoms with Crippen molar-refractivity contribution in [2.24, 2.45) is 11.1 Å². The highest BCUT2D eigenvalue weighted by Crippen LogP contribution is 2.26. The molecule has 0 radical (unpaired) electrons. The zero-order valence-electron chi connectivity index (χ0n) is 11.3. The maximum absolute atomic E-state index is 12.4. The standard InChI is InChI=1S/C14H18N2O4/c1-2-9-8-16(6-5-11(9)15-20)14(19)10-3-4-12(17)13(18)7-10/h3-4,7,9,17-18,20H,2,5-6,8H2,1H3/b15-11+. The van der Waals surface area contributed by atoms with Gasteiger partial charge in [-0.1, -0.05) is 12.1 Å². The van der Waals surface area contributed by atoms with E-state index in [2.05, 4.69) is 5.16 Å². The predicted molar refractivity (Wildman–Crippen MR) is 73.3 cm³/mol. The number of aromatic hydroxyl groups is 2. The third-order valence-corrected chi connectivity index (χ3v) is 3.68. The number of nitrogens with zero attached hydrogens (tertiary/aromatic N) is 2. The van der Waals surface area contributed by atoms with E-state index in [1.807, 2.05) is 6.92 Å². The van der Waals surface area contributed by atoms with Gasteiger partial charge in [0, 0.05) is 31.0 Å². The van der Waals surface area contributed by atoms with Crippen molar-refractivity contribution in [3.63, 3.8) is 0 Å². The molecule has 20 heavy (non-hydrogen) atoms. The van der Waals surface area contributed by atoms with Crippen molar-refractivity contribution < 1.29 is 20.2 Å². The van der Waals surface area contributed by atoms with Crippen LogP contribution in [0.4, 0.5) is 0 Å². The summed E-state index contributed by atoms with van der Waals surface area (Å²) in [5.74, 6) is -0.696. The molecule has 3 N–H and O–H groups in total. The van der Waals surface area contributed by atoms with Gasteiger partial charge in [-0.15, -0.1) is 0 Å². The molecular weight excluding hydrogens is 260 g/mol. The highest BCUT2D eigenvalue weighted by molar-refractivity contribution is 5.97. The molecule has 1 aromatic carbocycles. The number of rotatable bonds is 2. The number of piperidine rings is 1. The Morgan fingerprint density at radius 1 is 1.40 bits per heavy atom. The quantitative estimate of drug-likeness (QED) is 0.437. The number of amides is 1. The number of hydrogen-bond donors (Lipinski definition) is 3. The van der Waals surface area contributed by atoms with Crippen LogP contribution in [-0.4, -0.2) is 45.0 Å². The minimum Gasteiger partial charge on any atom is -0.504 e. The maximum Gasteiger partial charge on any atom is 0.254 e. The van der Waals surface area contributed by atoms with Crippen molar-refractivity contribution in [3.8, 4) is 11.5 Å². The number of phenols is 2. The van der Waals surface area contributed by atoms with E-state index in [0.29, 0.717) is 25.1 Å². The van der Waals surface area contributed by atoms with Crippen LogP contribution in [0.15, 0.2) is 23.4 Å². The second-order valence-electron chi connectivity index (χ2n) is 4.90. The Morgan fingerprint density at radius 3 is 2.75 bits per heavy atom. The molecule has 1 atom stereocenters. The summed E-state index contributed by atoms with van der Waals surface area (Å²) < 4.78 is 0. The smallest absolute Gasteiger partial charge is 0.254 e. The van der Waals surface area contributed by atoms with Gasteiger partial charge < -0.3 is 20.3 Å². The Morgan fingerprint density at radius 2 is 2.15 bits per heavy atom. The van der Waals surface area contributed by atoms with Crippen molar-refractivity contribution in [2.75, 3.05) is 13.1 Å². The molecule has 1 aromatic rings. The first-order valence-electron chi connectivity index (χ1n) is 6.58. The number of carbonyl (C=O) groups excluding carboxylic acids is 1. The summed E-state index contributed by atoms with van der Waals surface area (Å²) in [6.45, 7) is 2.96. The Kier molecular flexibility index (Phi) is 4.12. The second-order valence-corrected chi connectivity index (χ2v) is 4.90. The average molecular weight is 278 g/mol. The molecule has 1 fully saturated rings. The van der Waals surface area contributed by atoms with Crippen LogP contribution in [0.2, 0.25) is 0 Å². The molecule has 1 saturated heterocycles. The molecule has 1 unspecified atom stereocenters. The Bertz CT molecular complexity index is 542. The molecule has 1 aliphatic heterocycles. The molecule has 108 valence electrons. The number of carbonyl (C=O) groups is 1. The van der Waals surface area contributed by atoms with E-state index in [0.717, 1.165) is 12.1 Å². The zero-order valence-corrected chi connectivity index (χ0v) is 11.3. The maximum atomic E-state index is 12.4. The van der Waals surface area contributed by atoms with Gasteiger partial charge in [-0.3, -0.25) is 4.79 Å². The summed E-state index contributed by atoms with van der Waals surface area (Å²) >= 11 is 0. The largest absolute Gasteiger partial charge is 0.504 e. The zero-order chi connectivity index (χ0) is 14.7. The highest BCUT2D eigenvalue weighted by Gasteiger charge is 2.28. The van der Waals surface area contributed by atoms with Gasteiger partial charge in [0.2, 0.25) is 0 Å². The fourth-order valence-corrected chi connectivity index (χ4v) is 2.44. The van der Waals surface area contributed by atoms with E-state index in [9.17, 15) is 15.0 Å². The summed E-state index contributed by atoms with van der Waals surface area (Å²) in [5.41, 5.74) is 1.06. The molecule has 0 saturated carbocycles. The third kappa shape index (κ3) is 2.68. The summed E-state index contributed by atoms with van der Waals surface area (Å²) in [7, 11) is 0.